The lowest BCUT2D eigenvalue weighted by Gasteiger charge is -2.22. The van der Waals surface area contributed by atoms with Gasteiger partial charge in [-0.3, -0.25) is 4.79 Å². The van der Waals surface area contributed by atoms with E-state index in [9.17, 15) is 9.59 Å². The van der Waals surface area contributed by atoms with Crippen LogP contribution in [-0.4, -0.2) is 42.7 Å². The molecule has 3 rings (SSSR count). The van der Waals surface area contributed by atoms with Crippen molar-refractivity contribution < 1.29 is 23.5 Å². The lowest BCUT2D eigenvalue weighted by atomic mass is 9.87. The molecular weight excluding hydrogens is 288 g/mol. The monoisotopic (exact) mass is 308 g/mol. The number of aromatic nitrogens is 1. The maximum atomic E-state index is 12.3. The first-order chi connectivity index (χ1) is 10.5. The van der Waals surface area contributed by atoms with Gasteiger partial charge in [-0.05, 0) is 12.8 Å². The molecule has 0 radical (unpaired) electrons. The van der Waals surface area contributed by atoms with Crippen molar-refractivity contribution in [2.24, 2.45) is 5.41 Å². The van der Waals surface area contributed by atoms with Crippen LogP contribution >= 0.6 is 0 Å². The van der Waals surface area contributed by atoms with Gasteiger partial charge < -0.3 is 19.2 Å². The third kappa shape index (κ3) is 2.85. The number of cyclic esters (lactones) is 1. The van der Waals surface area contributed by atoms with E-state index in [4.69, 9.17) is 13.9 Å². The zero-order valence-corrected chi connectivity index (χ0v) is 12.8. The van der Waals surface area contributed by atoms with Gasteiger partial charge in [0.25, 0.3) is 5.91 Å². The highest BCUT2D eigenvalue weighted by Crippen LogP contribution is 2.29. The summed E-state index contributed by atoms with van der Waals surface area (Å²) in [6, 6.07) is -0.664. The Kier molecular flexibility index (Phi) is 3.90. The molecule has 22 heavy (non-hydrogen) atoms. The summed E-state index contributed by atoms with van der Waals surface area (Å²) in [7, 11) is 0. The highest BCUT2D eigenvalue weighted by Gasteiger charge is 2.44. The summed E-state index contributed by atoms with van der Waals surface area (Å²) in [6.45, 7) is 5.40. The second-order valence-corrected chi connectivity index (χ2v) is 6.46. The van der Waals surface area contributed by atoms with Crippen LogP contribution in [0.3, 0.4) is 0 Å². The molecule has 1 aromatic heterocycles. The van der Waals surface area contributed by atoms with Crippen molar-refractivity contribution in [3.05, 3.63) is 17.8 Å². The first-order valence-corrected chi connectivity index (χ1v) is 7.48. The topological polar surface area (TPSA) is 90.7 Å². The molecule has 0 aromatic carbocycles. The Morgan fingerprint density at radius 2 is 2.09 bits per heavy atom. The average molecular weight is 308 g/mol. The molecule has 0 aliphatic carbocycles. The van der Waals surface area contributed by atoms with E-state index in [-0.39, 0.29) is 11.6 Å². The molecule has 2 aliphatic rings. The molecule has 120 valence electrons. The minimum absolute atomic E-state index is 0.184. The van der Waals surface area contributed by atoms with Gasteiger partial charge >= 0.3 is 5.97 Å². The Bertz CT molecular complexity index is 574. The number of nitrogens with one attached hydrogen (secondary N) is 1. The normalized spacial score (nSPS) is 25.0. The Hall–Kier alpha value is -1.89. The summed E-state index contributed by atoms with van der Waals surface area (Å²) in [6.07, 6.45) is 3.01. The van der Waals surface area contributed by atoms with Gasteiger partial charge in [-0.2, -0.15) is 0 Å². The van der Waals surface area contributed by atoms with Crippen molar-refractivity contribution in [3.8, 4) is 0 Å². The van der Waals surface area contributed by atoms with E-state index in [1.54, 1.807) is 0 Å². The molecule has 1 amide bonds. The molecule has 7 heteroatoms. The first kappa shape index (κ1) is 15.0. The summed E-state index contributed by atoms with van der Waals surface area (Å²) in [5.41, 5.74) is -0.239. The zero-order valence-electron chi connectivity index (χ0n) is 12.8. The van der Waals surface area contributed by atoms with Crippen molar-refractivity contribution in [2.75, 3.05) is 19.8 Å². The van der Waals surface area contributed by atoms with Crippen LogP contribution in [0.15, 0.2) is 10.7 Å². The Balaban J connectivity index is 1.68. The van der Waals surface area contributed by atoms with Crippen LogP contribution < -0.4 is 5.32 Å². The first-order valence-electron chi connectivity index (χ1n) is 7.48. The molecule has 3 heterocycles. The van der Waals surface area contributed by atoms with Gasteiger partial charge in [0, 0.05) is 24.5 Å². The minimum Gasteiger partial charge on any atom is -0.463 e. The molecule has 2 saturated heterocycles. The fourth-order valence-corrected chi connectivity index (χ4v) is 2.73. The number of esters is 1. The molecule has 2 fully saturated rings. The van der Waals surface area contributed by atoms with Gasteiger partial charge in [-0.25, -0.2) is 9.78 Å². The van der Waals surface area contributed by atoms with Gasteiger partial charge in [0.2, 0.25) is 0 Å². The van der Waals surface area contributed by atoms with E-state index in [0.717, 1.165) is 12.8 Å². The number of hydrogen-bond donors (Lipinski definition) is 1. The molecule has 0 spiro atoms. The zero-order chi connectivity index (χ0) is 15.7. The van der Waals surface area contributed by atoms with Crippen LogP contribution in [-0.2, 0) is 14.3 Å². The van der Waals surface area contributed by atoms with Crippen LogP contribution in [0.4, 0.5) is 0 Å². The third-order valence-corrected chi connectivity index (χ3v) is 4.20. The predicted octanol–water partition coefficient (Wildman–Crippen LogP) is 1.25. The Morgan fingerprint density at radius 3 is 2.73 bits per heavy atom. The summed E-state index contributed by atoms with van der Waals surface area (Å²) >= 11 is 0. The molecule has 2 aliphatic heterocycles. The van der Waals surface area contributed by atoms with Gasteiger partial charge in [-0.15, -0.1) is 0 Å². The smallest absolute Gasteiger partial charge is 0.329 e. The number of carbonyl (C=O) groups is 2. The number of rotatable bonds is 3. The van der Waals surface area contributed by atoms with E-state index in [2.05, 4.69) is 10.3 Å². The van der Waals surface area contributed by atoms with E-state index in [0.29, 0.717) is 25.7 Å². The maximum Gasteiger partial charge on any atom is 0.329 e. The van der Waals surface area contributed by atoms with Crippen molar-refractivity contribution in [1.29, 1.82) is 0 Å². The average Bonchev–Trinajstić information content (AvgIpc) is 3.09. The Labute approximate surface area is 128 Å². The highest BCUT2D eigenvalue weighted by molar-refractivity contribution is 5.95. The van der Waals surface area contributed by atoms with Gasteiger partial charge in [0.05, 0.1) is 6.61 Å². The number of amides is 1. The summed E-state index contributed by atoms with van der Waals surface area (Å²) in [5.74, 6) is -0.0876. The summed E-state index contributed by atoms with van der Waals surface area (Å²) < 4.78 is 15.7. The fraction of sp³-hybridized carbons (Fsp3) is 0.667. The number of nitrogens with zero attached hydrogens (tertiary/aromatic N) is 1. The van der Waals surface area contributed by atoms with Gasteiger partial charge in [-0.1, -0.05) is 13.8 Å². The highest BCUT2D eigenvalue weighted by atomic mass is 16.5. The van der Waals surface area contributed by atoms with E-state index >= 15 is 0 Å². The number of hydrogen-bond acceptors (Lipinski definition) is 6. The Morgan fingerprint density at radius 1 is 1.36 bits per heavy atom. The molecule has 0 bridgehead atoms. The molecule has 1 unspecified atom stereocenters. The molecule has 1 atom stereocenters. The summed E-state index contributed by atoms with van der Waals surface area (Å²) in [4.78, 5) is 28.2. The lowest BCUT2D eigenvalue weighted by molar-refractivity contribution is -0.139. The number of ether oxygens (including phenoxy) is 2. The molecule has 0 saturated carbocycles. The van der Waals surface area contributed by atoms with Crippen molar-refractivity contribution in [3.63, 3.8) is 0 Å². The lowest BCUT2D eigenvalue weighted by Crippen LogP contribution is -2.46. The number of oxazole rings is 1. The standard InChI is InChI=1S/C15H20N2O5/c1-15(2)8-22-14(19)11(15)17-12(18)10-7-21-13(16-10)9-3-5-20-6-4-9/h7,9,11H,3-6,8H2,1-2H3,(H,17,18). The minimum atomic E-state index is -0.664. The maximum absolute atomic E-state index is 12.3. The van der Waals surface area contributed by atoms with Crippen LogP contribution in [0, 0.1) is 5.41 Å². The van der Waals surface area contributed by atoms with Crippen molar-refractivity contribution in [1.82, 2.24) is 10.3 Å². The van der Waals surface area contributed by atoms with E-state index in [1.807, 2.05) is 13.8 Å². The largest absolute Gasteiger partial charge is 0.463 e. The van der Waals surface area contributed by atoms with Gasteiger partial charge in [0.15, 0.2) is 11.6 Å². The fourth-order valence-electron chi connectivity index (χ4n) is 2.73. The number of carbonyl (C=O) groups excluding carboxylic acids is 2. The van der Waals surface area contributed by atoms with Crippen molar-refractivity contribution >= 4 is 11.9 Å². The third-order valence-electron chi connectivity index (χ3n) is 4.20. The summed E-state index contributed by atoms with van der Waals surface area (Å²) in [5, 5.41) is 2.69. The van der Waals surface area contributed by atoms with E-state index in [1.165, 1.54) is 6.26 Å². The molecule has 7 nitrogen and oxygen atoms in total. The second kappa shape index (κ2) is 5.72. The predicted molar refractivity (Wildman–Crippen MR) is 75.3 cm³/mol. The quantitative estimate of drug-likeness (QED) is 0.845. The van der Waals surface area contributed by atoms with E-state index < -0.39 is 23.3 Å². The second-order valence-electron chi connectivity index (χ2n) is 6.46. The van der Waals surface area contributed by atoms with Crippen molar-refractivity contribution in [2.45, 2.75) is 38.6 Å². The SMILES string of the molecule is CC1(C)COC(=O)C1NC(=O)c1coc(C2CCOCC2)n1. The molecule has 1 N–H and O–H groups in total. The van der Waals surface area contributed by atoms with Crippen LogP contribution in [0.1, 0.15) is 49.0 Å². The molecule has 1 aromatic rings. The van der Waals surface area contributed by atoms with Gasteiger partial charge in [0.1, 0.15) is 12.3 Å². The van der Waals surface area contributed by atoms with Crippen LogP contribution in [0.5, 0.6) is 0 Å². The van der Waals surface area contributed by atoms with Crippen LogP contribution in [0.25, 0.3) is 0 Å². The molecular formula is C15H20N2O5. The van der Waals surface area contributed by atoms with Crippen LogP contribution in [0.2, 0.25) is 0 Å².